The monoisotopic (exact) mass is 1230 g/mol. The van der Waals surface area contributed by atoms with Crippen LogP contribution in [0, 0.1) is 0 Å². The van der Waals surface area contributed by atoms with Crippen LogP contribution in [0.15, 0.2) is 237 Å². The van der Waals surface area contributed by atoms with E-state index < -0.39 is 11.7 Å². The van der Waals surface area contributed by atoms with Crippen LogP contribution in [0.25, 0.3) is 0 Å². The number of benzene rings is 10. The molecule has 0 saturated heterocycles. The van der Waals surface area contributed by atoms with Gasteiger partial charge in [0, 0.05) is 49.0 Å². The van der Waals surface area contributed by atoms with Crippen molar-refractivity contribution in [3.63, 3.8) is 0 Å². The minimum Gasteiger partial charge on any atom is -0.457 e. The summed E-state index contributed by atoms with van der Waals surface area (Å²) in [6.07, 6.45) is -0.658. The van der Waals surface area contributed by atoms with Crippen molar-refractivity contribution in [2.75, 3.05) is 0 Å². The standard InChI is InChI=1S/C14H9F3O2.2C13H8Cl2O2.C13H9ClO2.C13H10O2/c15-14(16,17)11-4-2-6-13(8-11)19-12-5-1-3-10(7-12)9-18;14-10-5-11(15)7-13(6-10)17-12-3-1-2-9(4-12)8-16;14-12-5-4-11(7-13(12)15)17-10-3-1-2-9(6-10)8-16;14-11-4-6-12(7-5-11)16-13-3-1-2-10(8-13)9-15;14-10-11-5-4-8-13(9-11)15-12-6-2-1-3-7-12/h1-9H;2*1-8H;1-9H;1-10H. The van der Waals surface area contributed by atoms with Gasteiger partial charge in [0.1, 0.15) is 88.9 Å². The van der Waals surface area contributed by atoms with Crippen molar-refractivity contribution in [3.8, 4) is 57.5 Å². The van der Waals surface area contributed by atoms with Crippen LogP contribution in [0.2, 0.25) is 25.1 Å². The number of ether oxygens (including phenoxy) is 5. The minimum absolute atomic E-state index is 0.0675. The second-order valence-electron chi connectivity index (χ2n) is 16.9. The van der Waals surface area contributed by atoms with Gasteiger partial charge in [0.15, 0.2) is 0 Å². The predicted molar refractivity (Wildman–Crippen MR) is 322 cm³/mol. The first kappa shape index (κ1) is 64.0. The van der Waals surface area contributed by atoms with Gasteiger partial charge < -0.3 is 23.7 Å². The largest absolute Gasteiger partial charge is 0.457 e. The van der Waals surface area contributed by atoms with Gasteiger partial charge in [-0.2, -0.15) is 13.2 Å². The second-order valence-corrected chi connectivity index (χ2v) is 19.1. The summed E-state index contributed by atoms with van der Waals surface area (Å²) in [6.45, 7) is 0. The van der Waals surface area contributed by atoms with Crippen LogP contribution in [0.1, 0.15) is 57.4 Å². The van der Waals surface area contributed by atoms with Crippen LogP contribution in [0.5, 0.6) is 57.5 Å². The first-order valence-corrected chi connectivity index (χ1v) is 26.4. The van der Waals surface area contributed by atoms with Crippen molar-refractivity contribution >= 4 is 89.4 Å². The van der Waals surface area contributed by atoms with Crippen LogP contribution in [-0.4, -0.2) is 31.4 Å². The third kappa shape index (κ3) is 22.3. The van der Waals surface area contributed by atoms with Gasteiger partial charge in [-0.1, -0.05) is 143 Å². The molecule has 0 heterocycles. The first-order valence-electron chi connectivity index (χ1n) is 24.6. The molecule has 0 aromatic heterocycles. The topological polar surface area (TPSA) is 132 Å². The summed E-state index contributed by atoms with van der Waals surface area (Å²) >= 11 is 29.1. The van der Waals surface area contributed by atoms with Crippen LogP contribution in [0.4, 0.5) is 13.2 Å². The van der Waals surface area contributed by atoms with Crippen LogP contribution < -0.4 is 23.7 Å². The number of rotatable bonds is 15. The molecule has 0 amide bonds. The molecule has 0 saturated carbocycles. The molecule has 0 atom stereocenters. The molecule has 0 fully saturated rings. The Hall–Kier alpha value is -9.21. The normalized spacial score (nSPS) is 10.1. The van der Waals surface area contributed by atoms with Crippen molar-refractivity contribution in [3.05, 3.63) is 295 Å². The van der Waals surface area contributed by atoms with Gasteiger partial charge in [-0.05, 0) is 146 Å². The third-order valence-electron chi connectivity index (χ3n) is 10.6. The zero-order valence-electron chi connectivity index (χ0n) is 43.5. The summed E-state index contributed by atoms with van der Waals surface area (Å²) in [4.78, 5) is 53.0. The lowest BCUT2D eigenvalue weighted by Crippen LogP contribution is -2.04. The molecular weight excluding hydrogens is 1190 g/mol. The molecule has 0 aliphatic rings. The number of aldehydes is 5. The summed E-state index contributed by atoms with van der Waals surface area (Å²) in [5, 5.41) is 2.56. The molecule has 0 spiro atoms. The van der Waals surface area contributed by atoms with Gasteiger partial charge in [0.25, 0.3) is 0 Å². The first-order chi connectivity index (χ1) is 40.5. The smallest absolute Gasteiger partial charge is 0.416 e. The van der Waals surface area contributed by atoms with Gasteiger partial charge >= 0.3 is 6.18 Å². The van der Waals surface area contributed by atoms with E-state index in [1.54, 1.807) is 170 Å². The van der Waals surface area contributed by atoms with Crippen molar-refractivity contribution in [1.82, 2.24) is 0 Å². The van der Waals surface area contributed by atoms with Gasteiger partial charge in [0.05, 0.1) is 15.6 Å². The molecule has 10 aromatic rings. The van der Waals surface area contributed by atoms with E-state index in [-0.39, 0.29) is 5.75 Å². The summed E-state index contributed by atoms with van der Waals surface area (Å²) < 4.78 is 65.1. The fourth-order valence-corrected chi connectivity index (χ4v) is 7.71. The average Bonchev–Trinajstić information content (AvgIpc) is 3.58. The van der Waals surface area contributed by atoms with Gasteiger partial charge in [-0.3, -0.25) is 24.0 Å². The molecule has 0 radical (unpaired) electrons. The van der Waals surface area contributed by atoms with E-state index in [0.717, 1.165) is 43.0 Å². The number of carbonyl (C=O) groups is 5. The number of hydrogen-bond donors (Lipinski definition) is 0. The second kappa shape index (κ2) is 33.0. The van der Waals surface area contributed by atoms with E-state index in [1.165, 1.54) is 18.2 Å². The Kier molecular flexibility index (Phi) is 25.2. The number of halogens is 8. The maximum Gasteiger partial charge on any atom is 0.416 e. The number of carbonyl (C=O) groups excluding carboxylic acids is 5. The van der Waals surface area contributed by atoms with Crippen molar-refractivity contribution in [2.24, 2.45) is 0 Å². The molecule has 84 heavy (non-hydrogen) atoms. The SMILES string of the molecule is O=Cc1cccc(Oc2cc(Cl)cc(Cl)c2)c1.O=Cc1cccc(Oc2ccc(Cl)c(Cl)c2)c1.O=Cc1cccc(Oc2ccc(Cl)cc2)c1.O=Cc1cccc(Oc2cccc(C(F)(F)F)c2)c1.O=Cc1cccc(Oc2ccccc2)c1. The lowest BCUT2D eigenvalue weighted by Gasteiger charge is -2.10. The Morgan fingerprint density at radius 2 is 0.571 bits per heavy atom. The molecule has 0 unspecified atom stereocenters. The van der Waals surface area contributed by atoms with Crippen molar-refractivity contribution in [1.29, 1.82) is 0 Å². The lowest BCUT2D eigenvalue weighted by atomic mass is 10.2. The fraction of sp³-hybridized carbons (Fsp3) is 0.0152. The Bertz CT molecular complexity index is 3770. The Morgan fingerprint density at radius 1 is 0.262 bits per heavy atom. The minimum atomic E-state index is -4.41. The third-order valence-corrected chi connectivity index (χ3v) is 12.0. The van der Waals surface area contributed by atoms with E-state index in [9.17, 15) is 37.1 Å². The van der Waals surface area contributed by atoms with Crippen molar-refractivity contribution in [2.45, 2.75) is 6.18 Å². The summed E-state index contributed by atoms with van der Waals surface area (Å²) in [5.74, 6) is 5.38. The molecule has 0 bridgehead atoms. The number of hydrogen-bond acceptors (Lipinski definition) is 10. The Morgan fingerprint density at radius 3 is 0.940 bits per heavy atom. The number of alkyl halides is 3. The zero-order valence-corrected chi connectivity index (χ0v) is 47.3. The Labute approximate surface area is 506 Å². The highest BCUT2D eigenvalue weighted by Crippen LogP contribution is 2.34. The van der Waals surface area contributed by atoms with E-state index in [1.807, 2.05) is 36.4 Å². The van der Waals surface area contributed by atoms with E-state index in [2.05, 4.69) is 0 Å². The molecule has 18 heteroatoms. The molecule has 0 aliphatic heterocycles. The van der Waals surface area contributed by atoms with Crippen LogP contribution in [0.3, 0.4) is 0 Å². The van der Waals surface area contributed by atoms with Crippen LogP contribution in [-0.2, 0) is 6.18 Å². The highest BCUT2D eigenvalue weighted by Gasteiger charge is 2.30. The van der Waals surface area contributed by atoms with Gasteiger partial charge in [-0.25, -0.2) is 0 Å². The van der Waals surface area contributed by atoms with Gasteiger partial charge in [-0.15, -0.1) is 0 Å². The highest BCUT2D eigenvalue weighted by molar-refractivity contribution is 6.42. The molecule has 10 rings (SSSR count). The summed E-state index contributed by atoms with van der Waals surface area (Å²) in [5.41, 5.74) is 1.93. The summed E-state index contributed by atoms with van der Waals surface area (Å²) in [6, 6.07) is 64.9. The average molecular weight is 1230 g/mol. The van der Waals surface area contributed by atoms with Crippen LogP contribution >= 0.6 is 58.0 Å². The summed E-state index contributed by atoms with van der Waals surface area (Å²) in [7, 11) is 0. The maximum atomic E-state index is 12.5. The molecular formula is C66H44Cl5F3O10. The Balaban J connectivity index is 0.000000169. The highest BCUT2D eigenvalue weighted by atomic mass is 35.5. The maximum absolute atomic E-state index is 12.5. The fourth-order valence-electron chi connectivity index (χ4n) is 6.79. The van der Waals surface area contributed by atoms with Gasteiger partial charge in [0.2, 0.25) is 0 Å². The van der Waals surface area contributed by atoms with E-state index in [4.69, 9.17) is 81.7 Å². The molecule has 424 valence electrons. The zero-order chi connectivity index (χ0) is 60.3. The van der Waals surface area contributed by atoms with Crippen molar-refractivity contribution < 1.29 is 60.8 Å². The lowest BCUT2D eigenvalue weighted by molar-refractivity contribution is -0.137. The number of para-hydroxylation sites is 1. The van der Waals surface area contributed by atoms with E-state index in [0.29, 0.717) is 105 Å². The molecule has 10 nitrogen and oxygen atoms in total. The molecule has 0 aliphatic carbocycles. The molecule has 10 aromatic carbocycles. The molecule has 0 N–H and O–H groups in total. The predicted octanol–water partition coefficient (Wildman–Crippen LogP) is 20.7. The quantitative estimate of drug-likeness (QED) is 0.0914. The van der Waals surface area contributed by atoms with E-state index >= 15 is 0 Å².